The number of hydrogen-bond acceptors (Lipinski definition) is 2. The quantitative estimate of drug-likeness (QED) is 0.698. The fraction of sp³-hybridized carbons (Fsp3) is 0.875. The van der Waals surface area contributed by atoms with Crippen LogP contribution in [0.1, 0.15) is 26.7 Å². The number of ether oxygens (including phenoxy) is 1. The Labute approximate surface area is 79.8 Å². The van der Waals surface area contributed by atoms with Crippen molar-refractivity contribution in [2.45, 2.75) is 38.8 Å². The molecule has 0 aromatic heterocycles. The number of piperidine rings is 1. The topological polar surface area (TPSA) is 45.1 Å². The molecular formula is C8H17ClN2O. The molecule has 0 spiro atoms. The standard InChI is InChI=1S/C8H16N2O.ClH/c1-3-11-7-5-4-6(2)10-8(7)9;/h6-7H,3-5H2,1-2H3,(H2,9,10);1H. The lowest BCUT2D eigenvalue weighted by Gasteiger charge is -2.28. The molecule has 1 aliphatic heterocycles. The smallest absolute Gasteiger partial charge is 0.123 e. The molecule has 0 radical (unpaired) electrons. The van der Waals surface area contributed by atoms with Gasteiger partial charge in [-0.3, -0.25) is 5.41 Å². The van der Waals surface area contributed by atoms with E-state index < -0.39 is 0 Å². The van der Waals surface area contributed by atoms with Crippen molar-refractivity contribution in [2.24, 2.45) is 0 Å². The number of nitrogens with one attached hydrogen (secondary N) is 2. The molecular weight excluding hydrogens is 176 g/mol. The Morgan fingerprint density at radius 1 is 1.58 bits per heavy atom. The molecule has 12 heavy (non-hydrogen) atoms. The molecule has 0 bridgehead atoms. The molecule has 0 aromatic rings. The Morgan fingerprint density at radius 2 is 2.25 bits per heavy atom. The van der Waals surface area contributed by atoms with E-state index in [-0.39, 0.29) is 18.5 Å². The second kappa shape index (κ2) is 5.38. The van der Waals surface area contributed by atoms with Crippen molar-refractivity contribution in [1.82, 2.24) is 5.32 Å². The van der Waals surface area contributed by atoms with Crippen LogP contribution >= 0.6 is 12.4 Å². The van der Waals surface area contributed by atoms with Gasteiger partial charge in [-0.1, -0.05) is 0 Å². The highest BCUT2D eigenvalue weighted by Gasteiger charge is 2.22. The van der Waals surface area contributed by atoms with Gasteiger partial charge in [-0.2, -0.15) is 0 Å². The van der Waals surface area contributed by atoms with Crippen LogP contribution in [0.3, 0.4) is 0 Å². The van der Waals surface area contributed by atoms with E-state index >= 15 is 0 Å². The van der Waals surface area contributed by atoms with E-state index in [1.54, 1.807) is 0 Å². The van der Waals surface area contributed by atoms with Gasteiger partial charge in [0.1, 0.15) is 11.9 Å². The first-order valence-electron chi connectivity index (χ1n) is 4.20. The Hall–Kier alpha value is -0.280. The molecule has 0 amide bonds. The second-order valence-corrected chi connectivity index (χ2v) is 2.98. The zero-order chi connectivity index (χ0) is 8.27. The van der Waals surface area contributed by atoms with E-state index in [2.05, 4.69) is 12.2 Å². The lowest BCUT2D eigenvalue weighted by atomic mass is 10.0. The summed E-state index contributed by atoms with van der Waals surface area (Å²) in [6.45, 7) is 4.76. The number of amidine groups is 1. The monoisotopic (exact) mass is 192 g/mol. The van der Waals surface area contributed by atoms with Gasteiger partial charge in [-0.25, -0.2) is 0 Å². The molecule has 1 saturated heterocycles. The zero-order valence-corrected chi connectivity index (χ0v) is 8.41. The lowest BCUT2D eigenvalue weighted by Crippen LogP contribution is -2.46. The minimum absolute atomic E-state index is 0. The fourth-order valence-corrected chi connectivity index (χ4v) is 1.34. The van der Waals surface area contributed by atoms with E-state index in [0.29, 0.717) is 18.5 Å². The maximum absolute atomic E-state index is 7.54. The molecule has 0 saturated carbocycles. The van der Waals surface area contributed by atoms with Crippen LogP contribution in [0, 0.1) is 5.41 Å². The van der Waals surface area contributed by atoms with E-state index in [4.69, 9.17) is 10.1 Å². The van der Waals surface area contributed by atoms with Crippen molar-refractivity contribution < 1.29 is 4.74 Å². The molecule has 4 heteroatoms. The summed E-state index contributed by atoms with van der Waals surface area (Å²) in [4.78, 5) is 0. The Kier molecular flexibility index (Phi) is 5.25. The predicted octanol–water partition coefficient (Wildman–Crippen LogP) is 1.56. The highest BCUT2D eigenvalue weighted by molar-refractivity contribution is 5.85. The molecule has 2 unspecified atom stereocenters. The van der Waals surface area contributed by atoms with Gasteiger partial charge in [-0.05, 0) is 26.7 Å². The summed E-state index contributed by atoms with van der Waals surface area (Å²) >= 11 is 0. The molecule has 2 N–H and O–H groups in total. The van der Waals surface area contributed by atoms with Crippen LogP contribution in [-0.4, -0.2) is 24.6 Å². The molecule has 72 valence electrons. The maximum Gasteiger partial charge on any atom is 0.123 e. The molecule has 0 aliphatic carbocycles. The van der Waals surface area contributed by atoms with E-state index in [1.807, 2.05) is 6.92 Å². The highest BCUT2D eigenvalue weighted by Crippen LogP contribution is 2.11. The van der Waals surface area contributed by atoms with Gasteiger partial charge >= 0.3 is 0 Å². The molecule has 0 aromatic carbocycles. The average Bonchev–Trinajstić information content (AvgIpc) is 1.95. The van der Waals surface area contributed by atoms with Crippen molar-refractivity contribution >= 4 is 18.2 Å². The fourth-order valence-electron chi connectivity index (χ4n) is 1.34. The van der Waals surface area contributed by atoms with Crippen molar-refractivity contribution in [2.75, 3.05) is 6.61 Å². The van der Waals surface area contributed by atoms with Crippen molar-refractivity contribution in [3.8, 4) is 0 Å². The van der Waals surface area contributed by atoms with Crippen LogP contribution in [0.5, 0.6) is 0 Å². The third-order valence-electron chi connectivity index (χ3n) is 1.95. The number of rotatable bonds is 2. The van der Waals surface area contributed by atoms with Gasteiger partial charge in [0, 0.05) is 12.6 Å². The van der Waals surface area contributed by atoms with E-state index in [9.17, 15) is 0 Å². The molecule has 1 heterocycles. The van der Waals surface area contributed by atoms with Gasteiger partial charge < -0.3 is 10.1 Å². The van der Waals surface area contributed by atoms with Crippen LogP contribution in [0.4, 0.5) is 0 Å². The minimum Gasteiger partial charge on any atom is -0.371 e. The van der Waals surface area contributed by atoms with Gasteiger partial charge in [0.15, 0.2) is 0 Å². The minimum atomic E-state index is 0. The summed E-state index contributed by atoms with van der Waals surface area (Å²) in [5.41, 5.74) is 0. The van der Waals surface area contributed by atoms with Gasteiger partial charge in [-0.15, -0.1) is 12.4 Å². The Morgan fingerprint density at radius 3 is 2.75 bits per heavy atom. The van der Waals surface area contributed by atoms with Crippen molar-refractivity contribution in [3.63, 3.8) is 0 Å². The van der Waals surface area contributed by atoms with Crippen LogP contribution in [0.15, 0.2) is 0 Å². The Balaban J connectivity index is 0.00000121. The molecule has 1 fully saturated rings. The van der Waals surface area contributed by atoms with Crippen LogP contribution in [-0.2, 0) is 4.74 Å². The van der Waals surface area contributed by atoms with Gasteiger partial charge in [0.05, 0.1) is 0 Å². The first-order valence-corrected chi connectivity index (χ1v) is 4.20. The molecule has 3 nitrogen and oxygen atoms in total. The van der Waals surface area contributed by atoms with Crippen LogP contribution in [0.2, 0.25) is 0 Å². The zero-order valence-electron chi connectivity index (χ0n) is 7.59. The van der Waals surface area contributed by atoms with Gasteiger partial charge in [0.2, 0.25) is 0 Å². The maximum atomic E-state index is 7.54. The summed E-state index contributed by atoms with van der Waals surface area (Å²) in [5.74, 6) is 0.547. The largest absolute Gasteiger partial charge is 0.371 e. The van der Waals surface area contributed by atoms with Crippen molar-refractivity contribution in [3.05, 3.63) is 0 Å². The predicted molar refractivity (Wildman–Crippen MR) is 52.2 cm³/mol. The average molecular weight is 193 g/mol. The van der Waals surface area contributed by atoms with Crippen molar-refractivity contribution in [1.29, 1.82) is 5.41 Å². The van der Waals surface area contributed by atoms with E-state index in [1.165, 1.54) is 0 Å². The SMILES string of the molecule is CCOC1CCC(C)NC1=N.Cl. The van der Waals surface area contributed by atoms with Crippen LogP contribution < -0.4 is 5.32 Å². The summed E-state index contributed by atoms with van der Waals surface area (Å²) in [7, 11) is 0. The number of hydrogen-bond donors (Lipinski definition) is 2. The Bertz CT molecular complexity index is 152. The second-order valence-electron chi connectivity index (χ2n) is 2.98. The van der Waals surface area contributed by atoms with Crippen LogP contribution in [0.25, 0.3) is 0 Å². The molecule has 1 rings (SSSR count). The first-order chi connectivity index (χ1) is 5.24. The highest BCUT2D eigenvalue weighted by atomic mass is 35.5. The summed E-state index contributed by atoms with van der Waals surface area (Å²) in [6, 6.07) is 0.444. The summed E-state index contributed by atoms with van der Waals surface area (Å²) in [6.07, 6.45) is 2.12. The third kappa shape index (κ3) is 2.99. The first kappa shape index (κ1) is 11.7. The molecule has 2 atom stereocenters. The normalized spacial score (nSPS) is 29.0. The van der Waals surface area contributed by atoms with Gasteiger partial charge in [0.25, 0.3) is 0 Å². The molecule has 1 aliphatic rings. The van der Waals surface area contributed by atoms with E-state index in [0.717, 1.165) is 12.8 Å². The summed E-state index contributed by atoms with van der Waals surface area (Å²) in [5, 5.41) is 10.6. The summed E-state index contributed by atoms with van der Waals surface area (Å²) < 4.78 is 5.36. The third-order valence-corrected chi connectivity index (χ3v) is 1.95. The lowest BCUT2D eigenvalue weighted by molar-refractivity contribution is 0.0897. The number of halogens is 1.